The minimum Gasteiger partial charge on any atom is -0.447 e. The van der Waals surface area contributed by atoms with Gasteiger partial charge in [-0.1, -0.05) is 30.3 Å². The number of nitrogens with one attached hydrogen (secondary N) is 2. The quantitative estimate of drug-likeness (QED) is 0.443. The summed E-state index contributed by atoms with van der Waals surface area (Å²) in [4.78, 5) is 11.8. The van der Waals surface area contributed by atoms with E-state index in [9.17, 15) is 4.79 Å². The van der Waals surface area contributed by atoms with Crippen LogP contribution in [0.2, 0.25) is 0 Å². The Labute approximate surface area is 155 Å². The van der Waals surface area contributed by atoms with E-state index in [0.717, 1.165) is 20.9 Å². The smallest absolute Gasteiger partial charge is 0.259 e. The van der Waals surface area contributed by atoms with Gasteiger partial charge in [0.1, 0.15) is 5.76 Å². The first-order valence-electron chi connectivity index (χ1n) is 7.11. The lowest BCUT2D eigenvalue weighted by Crippen LogP contribution is -2.25. The Hall–Kier alpha value is -2.12. The van der Waals surface area contributed by atoms with Crippen molar-refractivity contribution in [2.24, 2.45) is 5.10 Å². The monoisotopic (exact) mass is 449 g/mol. The number of carbonyl (C=O) groups is 1. The Kier molecular flexibility index (Phi) is 5.32. The van der Waals surface area contributed by atoms with Crippen molar-refractivity contribution >= 4 is 60.4 Å². The summed E-state index contributed by atoms with van der Waals surface area (Å²) < 4.78 is 6.68. The molecule has 0 radical (unpaired) electrons. The van der Waals surface area contributed by atoms with E-state index >= 15 is 0 Å². The van der Waals surface area contributed by atoms with Gasteiger partial charge in [-0.3, -0.25) is 4.79 Å². The fourth-order valence-electron chi connectivity index (χ4n) is 2.12. The van der Waals surface area contributed by atoms with Gasteiger partial charge in [-0.25, -0.2) is 5.43 Å². The van der Waals surface area contributed by atoms with E-state index in [1.165, 1.54) is 6.21 Å². The van der Waals surface area contributed by atoms with Crippen molar-refractivity contribution in [3.05, 3.63) is 63.4 Å². The molecule has 0 bridgehead atoms. The third kappa shape index (κ3) is 4.24. The van der Waals surface area contributed by atoms with Crippen molar-refractivity contribution in [1.29, 1.82) is 0 Å². The number of furan rings is 1. The highest BCUT2D eigenvalue weighted by molar-refractivity contribution is 9.13. The molecule has 1 aromatic heterocycles. The van der Waals surface area contributed by atoms with E-state index in [4.69, 9.17) is 4.42 Å². The Bertz CT molecular complexity index is 886. The maximum atomic E-state index is 11.8. The van der Waals surface area contributed by atoms with Gasteiger partial charge in [0.15, 0.2) is 4.67 Å². The summed E-state index contributed by atoms with van der Waals surface area (Å²) in [6, 6.07) is 15.8. The second-order valence-electron chi connectivity index (χ2n) is 4.98. The molecule has 2 aromatic carbocycles. The largest absolute Gasteiger partial charge is 0.447 e. The van der Waals surface area contributed by atoms with Gasteiger partial charge in [0.2, 0.25) is 0 Å². The fourth-order valence-corrected chi connectivity index (χ4v) is 2.72. The molecule has 0 aliphatic carbocycles. The number of carbonyl (C=O) groups excluding carboxylic acids is 1. The molecule has 1 amide bonds. The zero-order valence-electron chi connectivity index (χ0n) is 12.4. The van der Waals surface area contributed by atoms with Gasteiger partial charge in [-0.15, -0.1) is 0 Å². The zero-order valence-corrected chi connectivity index (χ0v) is 15.6. The molecule has 0 aliphatic rings. The fraction of sp³-hybridized carbons (Fsp3) is 0.0588. The first-order valence-corrected chi connectivity index (χ1v) is 8.70. The number of nitrogens with zero attached hydrogens (tertiary/aromatic N) is 1. The highest BCUT2D eigenvalue weighted by atomic mass is 79.9. The van der Waals surface area contributed by atoms with Crippen molar-refractivity contribution in [3.8, 4) is 0 Å². The van der Waals surface area contributed by atoms with E-state index in [-0.39, 0.29) is 12.5 Å². The minimum atomic E-state index is -0.246. The molecule has 0 spiro atoms. The highest BCUT2D eigenvalue weighted by Gasteiger charge is 2.04. The van der Waals surface area contributed by atoms with Crippen LogP contribution >= 0.6 is 31.9 Å². The van der Waals surface area contributed by atoms with Crippen LogP contribution in [0, 0.1) is 0 Å². The molecule has 2 N–H and O–H groups in total. The summed E-state index contributed by atoms with van der Waals surface area (Å²) in [7, 11) is 0. The molecule has 7 heteroatoms. The van der Waals surface area contributed by atoms with Gasteiger partial charge in [-0.05, 0) is 54.8 Å². The van der Waals surface area contributed by atoms with Crippen molar-refractivity contribution in [2.75, 3.05) is 11.9 Å². The molecule has 122 valence electrons. The average Bonchev–Trinajstić information content (AvgIpc) is 2.91. The molecule has 0 saturated carbocycles. The molecule has 0 saturated heterocycles. The third-order valence-corrected chi connectivity index (χ3v) is 4.96. The maximum absolute atomic E-state index is 11.8. The average molecular weight is 451 g/mol. The molecule has 1 heterocycles. The number of hydrogen-bond acceptors (Lipinski definition) is 4. The van der Waals surface area contributed by atoms with Crippen LogP contribution in [0.1, 0.15) is 5.76 Å². The number of fused-ring (bicyclic) bond motifs is 1. The molecular weight excluding hydrogens is 438 g/mol. The SMILES string of the molecule is O=C(CNc1ccc2ccccc2c1)N/N=C/c1cc(Br)c(Br)o1. The number of hydrogen-bond donors (Lipinski definition) is 2. The van der Waals surface area contributed by atoms with Crippen LogP contribution in [0.5, 0.6) is 0 Å². The summed E-state index contributed by atoms with van der Waals surface area (Å²) >= 11 is 6.54. The Morgan fingerprint density at radius 2 is 1.92 bits per heavy atom. The lowest BCUT2D eigenvalue weighted by molar-refractivity contribution is -0.119. The first kappa shape index (κ1) is 16.7. The number of halogens is 2. The van der Waals surface area contributed by atoms with E-state index in [1.54, 1.807) is 6.07 Å². The van der Waals surface area contributed by atoms with Gasteiger partial charge >= 0.3 is 0 Å². The predicted molar refractivity (Wildman–Crippen MR) is 102 cm³/mol. The van der Waals surface area contributed by atoms with Crippen LogP contribution < -0.4 is 10.7 Å². The number of rotatable bonds is 5. The molecule has 3 aromatic rings. The standard InChI is InChI=1S/C17H13Br2N3O2/c18-15-8-14(24-17(15)19)9-21-22-16(23)10-20-13-6-5-11-3-1-2-4-12(11)7-13/h1-9,20H,10H2,(H,22,23)/b21-9+. The van der Waals surface area contributed by atoms with E-state index in [1.807, 2.05) is 42.5 Å². The molecule has 0 aliphatic heterocycles. The lowest BCUT2D eigenvalue weighted by atomic mass is 10.1. The van der Waals surface area contributed by atoms with Crippen LogP contribution in [0.15, 0.2) is 67.2 Å². The van der Waals surface area contributed by atoms with E-state index < -0.39 is 0 Å². The topological polar surface area (TPSA) is 66.6 Å². The van der Waals surface area contributed by atoms with Gasteiger partial charge in [0.05, 0.1) is 17.2 Å². The van der Waals surface area contributed by atoms with Crippen LogP contribution in [0.4, 0.5) is 5.69 Å². The van der Waals surface area contributed by atoms with Gasteiger partial charge in [0, 0.05) is 11.8 Å². The Balaban J connectivity index is 1.52. The molecule has 0 atom stereocenters. The molecule has 0 unspecified atom stereocenters. The number of hydrazone groups is 1. The normalized spacial score (nSPS) is 11.1. The molecule has 0 fully saturated rings. The van der Waals surface area contributed by atoms with E-state index in [0.29, 0.717) is 10.4 Å². The molecule has 3 rings (SSSR count). The lowest BCUT2D eigenvalue weighted by Gasteiger charge is -2.06. The van der Waals surface area contributed by atoms with Crippen molar-refractivity contribution in [2.45, 2.75) is 0 Å². The van der Waals surface area contributed by atoms with Gasteiger partial charge in [-0.2, -0.15) is 5.10 Å². The van der Waals surface area contributed by atoms with Crippen LogP contribution in [0.25, 0.3) is 10.8 Å². The second kappa shape index (κ2) is 7.63. The molecular formula is C17H13Br2N3O2. The second-order valence-corrected chi connectivity index (χ2v) is 6.55. The number of benzene rings is 2. The predicted octanol–water partition coefficient (Wildman–Crippen LogP) is 4.52. The Morgan fingerprint density at radius 3 is 2.67 bits per heavy atom. The molecule has 24 heavy (non-hydrogen) atoms. The summed E-state index contributed by atoms with van der Waals surface area (Å²) in [6.45, 7) is 0.126. The first-order chi connectivity index (χ1) is 11.6. The summed E-state index contributed by atoms with van der Waals surface area (Å²) in [5, 5.41) is 9.21. The summed E-state index contributed by atoms with van der Waals surface area (Å²) in [5.41, 5.74) is 3.33. The third-order valence-electron chi connectivity index (χ3n) is 3.25. The minimum absolute atomic E-state index is 0.126. The number of anilines is 1. The van der Waals surface area contributed by atoms with Crippen LogP contribution in [0.3, 0.4) is 0 Å². The van der Waals surface area contributed by atoms with Crippen LogP contribution in [-0.2, 0) is 4.79 Å². The summed E-state index contributed by atoms with van der Waals surface area (Å²) in [6.07, 6.45) is 1.43. The number of amides is 1. The van der Waals surface area contributed by atoms with Gasteiger partial charge in [0.25, 0.3) is 5.91 Å². The van der Waals surface area contributed by atoms with Crippen molar-refractivity contribution in [1.82, 2.24) is 5.43 Å². The maximum Gasteiger partial charge on any atom is 0.259 e. The Morgan fingerprint density at radius 1 is 1.12 bits per heavy atom. The molecule has 5 nitrogen and oxygen atoms in total. The van der Waals surface area contributed by atoms with E-state index in [2.05, 4.69) is 47.7 Å². The van der Waals surface area contributed by atoms with Crippen molar-refractivity contribution < 1.29 is 9.21 Å². The van der Waals surface area contributed by atoms with Crippen LogP contribution in [-0.4, -0.2) is 18.7 Å². The van der Waals surface area contributed by atoms with Gasteiger partial charge < -0.3 is 9.73 Å². The zero-order chi connectivity index (χ0) is 16.9. The highest BCUT2D eigenvalue weighted by Crippen LogP contribution is 2.25. The summed E-state index contributed by atoms with van der Waals surface area (Å²) in [5.74, 6) is 0.278. The van der Waals surface area contributed by atoms with Crippen molar-refractivity contribution in [3.63, 3.8) is 0 Å².